The van der Waals surface area contributed by atoms with Crippen molar-refractivity contribution in [3.8, 4) is 0 Å². The second-order valence-corrected chi connectivity index (χ2v) is 2.42. The largest absolute Gasteiger partial charge is 0.366 e. The van der Waals surface area contributed by atoms with Crippen LogP contribution in [-0.4, -0.2) is 5.91 Å². The first kappa shape index (κ1) is 7.79. The van der Waals surface area contributed by atoms with E-state index < -0.39 is 5.91 Å². The highest BCUT2D eigenvalue weighted by Gasteiger charge is 1.92. The summed E-state index contributed by atoms with van der Waals surface area (Å²) in [5.74, 6) is -0.398. The number of carbonyl (C=O) groups is 1. The second-order valence-electron chi connectivity index (χ2n) is 2.42. The molecule has 0 atom stereocenters. The molecule has 0 heterocycles. The van der Waals surface area contributed by atoms with Gasteiger partial charge in [-0.1, -0.05) is 18.2 Å². The lowest BCUT2D eigenvalue weighted by atomic mass is 10.1. The van der Waals surface area contributed by atoms with Gasteiger partial charge in [0.25, 0.3) is 0 Å². The van der Waals surface area contributed by atoms with Crippen LogP contribution in [0.15, 0.2) is 36.0 Å². The first-order valence-electron chi connectivity index (χ1n) is 3.63. The van der Waals surface area contributed by atoms with Crippen LogP contribution in [0.25, 0.3) is 0 Å². The first-order valence-corrected chi connectivity index (χ1v) is 3.63. The lowest BCUT2D eigenvalue weighted by molar-refractivity contribution is -0.113. The van der Waals surface area contributed by atoms with Crippen molar-refractivity contribution in [2.45, 2.75) is 12.8 Å². The predicted octanol–water partition coefficient (Wildman–Crippen LogP) is 1.30. The van der Waals surface area contributed by atoms with Gasteiger partial charge >= 0.3 is 0 Å². The number of nitrogens with two attached hydrogens (primary N) is 1. The smallest absolute Gasteiger partial charge is 0.241 e. The summed E-state index contributed by atoms with van der Waals surface area (Å²) in [4.78, 5) is 10.3. The van der Waals surface area contributed by atoms with E-state index >= 15 is 0 Å². The van der Waals surface area contributed by atoms with Crippen molar-refractivity contribution in [3.05, 3.63) is 36.0 Å². The number of allylic oxidation sites excluding steroid dienone is 5. The lowest BCUT2D eigenvalue weighted by Gasteiger charge is -1.99. The molecule has 0 saturated carbocycles. The summed E-state index contributed by atoms with van der Waals surface area (Å²) < 4.78 is 0. The Labute approximate surface area is 66.1 Å². The predicted molar refractivity (Wildman–Crippen MR) is 44.8 cm³/mol. The van der Waals surface area contributed by atoms with Crippen LogP contribution < -0.4 is 5.73 Å². The summed E-state index contributed by atoms with van der Waals surface area (Å²) in [7, 11) is 0. The number of rotatable bonds is 2. The summed E-state index contributed by atoms with van der Waals surface area (Å²) >= 11 is 0. The molecule has 58 valence electrons. The molecular formula is C9H11NO. The molecule has 0 aromatic rings. The third kappa shape index (κ3) is 2.85. The molecule has 2 heteroatoms. The summed E-state index contributed by atoms with van der Waals surface area (Å²) in [6.45, 7) is 0. The van der Waals surface area contributed by atoms with Gasteiger partial charge in [0, 0.05) is 6.08 Å². The van der Waals surface area contributed by atoms with Crippen molar-refractivity contribution in [2.75, 3.05) is 0 Å². The number of amides is 1. The molecule has 0 radical (unpaired) electrons. The van der Waals surface area contributed by atoms with Crippen LogP contribution in [0.2, 0.25) is 0 Å². The highest BCUT2D eigenvalue weighted by molar-refractivity contribution is 5.86. The number of carbonyl (C=O) groups excluding carboxylic acids is 1. The third-order valence-corrected chi connectivity index (χ3v) is 1.46. The quantitative estimate of drug-likeness (QED) is 0.591. The molecule has 0 aliphatic heterocycles. The van der Waals surface area contributed by atoms with Gasteiger partial charge in [-0.25, -0.2) is 0 Å². The van der Waals surface area contributed by atoms with E-state index in [0.717, 1.165) is 18.4 Å². The summed E-state index contributed by atoms with van der Waals surface area (Å²) in [6, 6.07) is 0. The molecule has 0 fully saturated rings. The minimum absolute atomic E-state index is 0.398. The SMILES string of the molecule is NC(=O)/C=C/C1=CCCC=C1. The number of primary amides is 1. The highest BCUT2D eigenvalue weighted by Crippen LogP contribution is 2.09. The van der Waals surface area contributed by atoms with Crippen molar-refractivity contribution < 1.29 is 4.79 Å². The third-order valence-electron chi connectivity index (χ3n) is 1.46. The first-order chi connectivity index (χ1) is 5.29. The molecule has 0 unspecified atom stereocenters. The van der Waals surface area contributed by atoms with Crippen molar-refractivity contribution in [3.63, 3.8) is 0 Å². The van der Waals surface area contributed by atoms with Gasteiger partial charge in [0.05, 0.1) is 0 Å². The van der Waals surface area contributed by atoms with E-state index in [0.29, 0.717) is 0 Å². The molecular weight excluding hydrogens is 138 g/mol. The maximum Gasteiger partial charge on any atom is 0.241 e. The van der Waals surface area contributed by atoms with Gasteiger partial charge in [-0.2, -0.15) is 0 Å². The average molecular weight is 149 g/mol. The molecule has 0 aromatic heterocycles. The van der Waals surface area contributed by atoms with Crippen LogP contribution in [0.3, 0.4) is 0 Å². The van der Waals surface area contributed by atoms with Gasteiger partial charge in [-0.3, -0.25) is 4.79 Å². The van der Waals surface area contributed by atoms with Crippen LogP contribution in [0.5, 0.6) is 0 Å². The second kappa shape index (κ2) is 3.76. The van der Waals surface area contributed by atoms with Gasteiger partial charge in [-0.05, 0) is 24.5 Å². The molecule has 0 saturated heterocycles. The molecule has 0 bridgehead atoms. The Morgan fingerprint density at radius 1 is 1.55 bits per heavy atom. The van der Waals surface area contributed by atoms with E-state index in [4.69, 9.17) is 5.73 Å². The van der Waals surface area contributed by atoms with Gasteiger partial charge in [0.15, 0.2) is 0 Å². The fourth-order valence-electron chi connectivity index (χ4n) is 0.936. The maximum absolute atomic E-state index is 10.3. The topological polar surface area (TPSA) is 43.1 Å². The fourth-order valence-corrected chi connectivity index (χ4v) is 0.936. The molecule has 1 aliphatic rings. The monoisotopic (exact) mass is 149 g/mol. The van der Waals surface area contributed by atoms with Crippen molar-refractivity contribution >= 4 is 5.91 Å². The van der Waals surface area contributed by atoms with E-state index in [-0.39, 0.29) is 0 Å². The Kier molecular flexibility index (Phi) is 2.66. The summed E-state index contributed by atoms with van der Waals surface area (Å²) in [5.41, 5.74) is 6.00. The minimum atomic E-state index is -0.398. The Balaban J connectivity index is 2.55. The maximum atomic E-state index is 10.3. The molecule has 0 spiro atoms. The fraction of sp³-hybridized carbons (Fsp3) is 0.222. The van der Waals surface area contributed by atoms with Crippen LogP contribution in [0, 0.1) is 0 Å². The van der Waals surface area contributed by atoms with Crippen LogP contribution in [0.1, 0.15) is 12.8 Å². The molecule has 1 amide bonds. The van der Waals surface area contributed by atoms with Gasteiger partial charge < -0.3 is 5.73 Å². The Hall–Kier alpha value is -1.31. The van der Waals surface area contributed by atoms with E-state index in [9.17, 15) is 4.79 Å². The van der Waals surface area contributed by atoms with Crippen LogP contribution in [0.4, 0.5) is 0 Å². The molecule has 2 nitrogen and oxygen atoms in total. The summed E-state index contributed by atoms with van der Waals surface area (Å²) in [5, 5.41) is 0. The van der Waals surface area contributed by atoms with Gasteiger partial charge in [0.2, 0.25) is 5.91 Å². The molecule has 0 aromatic carbocycles. The van der Waals surface area contributed by atoms with Crippen molar-refractivity contribution in [1.29, 1.82) is 0 Å². The number of hydrogen-bond donors (Lipinski definition) is 1. The summed E-state index contributed by atoms with van der Waals surface area (Å²) in [6.07, 6.45) is 11.4. The Morgan fingerprint density at radius 3 is 2.91 bits per heavy atom. The van der Waals surface area contributed by atoms with E-state index in [2.05, 4.69) is 12.2 Å². The average Bonchev–Trinajstić information content (AvgIpc) is 2.03. The lowest BCUT2D eigenvalue weighted by Crippen LogP contribution is -2.05. The van der Waals surface area contributed by atoms with E-state index in [1.54, 1.807) is 6.08 Å². The highest BCUT2D eigenvalue weighted by atomic mass is 16.1. The van der Waals surface area contributed by atoms with Gasteiger partial charge in [0.1, 0.15) is 0 Å². The van der Waals surface area contributed by atoms with Crippen LogP contribution in [-0.2, 0) is 4.79 Å². The minimum Gasteiger partial charge on any atom is -0.366 e. The number of hydrogen-bond acceptors (Lipinski definition) is 1. The Morgan fingerprint density at radius 2 is 2.36 bits per heavy atom. The molecule has 1 rings (SSSR count). The molecule has 2 N–H and O–H groups in total. The van der Waals surface area contributed by atoms with Gasteiger partial charge in [-0.15, -0.1) is 0 Å². The van der Waals surface area contributed by atoms with Crippen molar-refractivity contribution in [1.82, 2.24) is 0 Å². The zero-order chi connectivity index (χ0) is 8.10. The standard InChI is InChI=1S/C9H11NO/c10-9(11)7-6-8-4-2-1-3-5-8/h2,4-7H,1,3H2,(H2,10,11)/b7-6+. The normalized spacial score (nSPS) is 16.9. The molecule has 1 aliphatic carbocycles. The zero-order valence-electron chi connectivity index (χ0n) is 6.29. The van der Waals surface area contributed by atoms with E-state index in [1.807, 2.05) is 6.08 Å². The zero-order valence-corrected chi connectivity index (χ0v) is 6.29. The van der Waals surface area contributed by atoms with Crippen LogP contribution >= 0.6 is 0 Å². The van der Waals surface area contributed by atoms with E-state index in [1.165, 1.54) is 6.08 Å². The molecule has 11 heavy (non-hydrogen) atoms. The van der Waals surface area contributed by atoms with Crippen molar-refractivity contribution in [2.24, 2.45) is 5.73 Å². The Bertz CT molecular complexity index is 236.